The normalized spacial score (nSPS) is 12.1. The Morgan fingerprint density at radius 1 is 1.25 bits per heavy atom. The molecule has 2 rings (SSSR count). The second-order valence-electron chi connectivity index (χ2n) is 4.53. The summed E-state index contributed by atoms with van der Waals surface area (Å²) in [6.07, 6.45) is 2.23. The van der Waals surface area contributed by atoms with Gasteiger partial charge >= 0.3 is 6.55 Å². The Hall–Kier alpha value is -1.76. The summed E-state index contributed by atoms with van der Waals surface area (Å²) >= 11 is 0. The van der Waals surface area contributed by atoms with E-state index < -0.39 is 22.1 Å². The van der Waals surface area contributed by atoms with Crippen molar-refractivity contribution >= 4 is 9.84 Å². The largest absolute Gasteiger partial charge is 0.319 e. The summed E-state index contributed by atoms with van der Waals surface area (Å²) in [6, 6.07) is 4.72. The van der Waals surface area contributed by atoms with Crippen LogP contribution in [0.4, 0.5) is 8.78 Å². The number of sulfone groups is 1. The molecule has 0 saturated heterocycles. The van der Waals surface area contributed by atoms with Gasteiger partial charge in [-0.25, -0.2) is 13.4 Å². The van der Waals surface area contributed by atoms with Crippen molar-refractivity contribution in [3.63, 3.8) is 0 Å². The minimum atomic E-state index is -3.70. The molecule has 0 bridgehead atoms. The number of rotatable bonds is 4. The molecule has 0 aliphatic heterocycles. The lowest BCUT2D eigenvalue weighted by Gasteiger charge is -2.09. The van der Waals surface area contributed by atoms with Crippen molar-refractivity contribution in [2.75, 3.05) is 0 Å². The fraction of sp³-hybridized carbons (Fsp3) is 0.308. The van der Waals surface area contributed by atoms with E-state index in [-0.39, 0.29) is 10.7 Å². The molecule has 1 aromatic heterocycles. The highest BCUT2D eigenvalue weighted by Gasteiger charge is 2.21. The molecule has 0 saturated carbocycles. The lowest BCUT2D eigenvalue weighted by Crippen LogP contribution is -2.11. The second-order valence-corrected chi connectivity index (χ2v) is 6.52. The van der Waals surface area contributed by atoms with Gasteiger partial charge in [-0.1, -0.05) is 6.07 Å². The van der Waals surface area contributed by atoms with Crippen molar-refractivity contribution < 1.29 is 17.2 Å². The molecule has 4 nitrogen and oxygen atoms in total. The number of alkyl halides is 2. The zero-order valence-electron chi connectivity index (χ0n) is 11.0. The van der Waals surface area contributed by atoms with Crippen molar-refractivity contribution in [2.24, 2.45) is 0 Å². The fourth-order valence-electron chi connectivity index (χ4n) is 1.79. The van der Waals surface area contributed by atoms with Gasteiger partial charge in [-0.3, -0.25) is 4.57 Å². The van der Waals surface area contributed by atoms with Crippen LogP contribution in [0.1, 0.15) is 23.5 Å². The number of aromatic nitrogens is 2. The van der Waals surface area contributed by atoms with Crippen molar-refractivity contribution in [2.45, 2.75) is 31.0 Å². The highest BCUT2D eigenvalue weighted by molar-refractivity contribution is 7.90. The monoisotopic (exact) mass is 300 g/mol. The Bertz CT molecular complexity index is 724. The molecular formula is C13H14F2N2O2S. The van der Waals surface area contributed by atoms with Gasteiger partial charge in [0.05, 0.1) is 4.90 Å². The van der Waals surface area contributed by atoms with Gasteiger partial charge in [0, 0.05) is 12.4 Å². The molecule has 0 N–H and O–H groups in total. The van der Waals surface area contributed by atoms with Gasteiger partial charge in [0.1, 0.15) is 11.6 Å². The maximum atomic E-state index is 12.7. The number of hydrogen-bond donors (Lipinski definition) is 0. The van der Waals surface area contributed by atoms with Crippen LogP contribution in [-0.4, -0.2) is 18.0 Å². The summed E-state index contributed by atoms with van der Waals surface area (Å²) in [5.41, 5.74) is 1.81. The van der Waals surface area contributed by atoms with E-state index in [4.69, 9.17) is 0 Å². The number of benzene rings is 1. The summed E-state index contributed by atoms with van der Waals surface area (Å²) in [6.45, 7) is 0.867. The first-order valence-corrected chi connectivity index (χ1v) is 7.56. The van der Waals surface area contributed by atoms with Crippen LogP contribution in [0.5, 0.6) is 0 Å². The van der Waals surface area contributed by atoms with Gasteiger partial charge in [-0.15, -0.1) is 0 Å². The SMILES string of the molecule is Cc1ccc(S(=O)(=O)Cc2nccn2C(F)F)cc1C. The molecule has 0 fully saturated rings. The van der Waals surface area contributed by atoms with Gasteiger partial charge in [-0.2, -0.15) is 8.78 Å². The third-order valence-electron chi connectivity index (χ3n) is 3.12. The predicted octanol–water partition coefficient (Wildman–Crippen LogP) is 2.87. The topological polar surface area (TPSA) is 52.0 Å². The van der Waals surface area contributed by atoms with Crippen LogP contribution in [0.2, 0.25) is 0 Å². The molecule has 0 amide bonds. The first kappa shape index (κ1) is 14.6. The van der Waals surface area contributed by atoms with Crippen LogP contribution >= 0.6 is 0 Å². The van der Waals surface area contributed by atoms with E-state index in [0.717, 1.165) is 23.5 Å². The number of halogens is 2. The van der Waals surface area contributed by atoms with Gasteiger partial charge < -0.3 is 0 Å². The Morgan fingerprint density at radius 2 is 1.95 bits per heavy atom. The summed E-state index contributed by atoms with van der Waals surface area (Å²) in [5, 5.41) is 0. The average Bonchev–Trinajstić information content (AvgIpc) is 2.80. The standard InChI is InChI=1S/C13H14F2N2O2S/c1-9-3-4-11(7-10(9)2)20(18,19)8-12-16-5-6-17(12)13(14)15/h3-7,13H,8H2,1-2H3. The molecule has 20 heavy (non-hydrogen) atoms. The van der Waals surface area contributed by atoms with Crippen LogP contribution < -0.4 is 0 Å². The van der Waals surface area contributed by atoms with E-state index in [1.165, 1.54) is 6.07 Å². The smallest absolute Gasteiger partial charge is 0.277 e. The highest BCUT2D eigenvalue weighted by atomic mass is 32.2. The number of nitrogens with zero attached hydrogens (tertiary/aromatic N) is 2. The van der Waals surface area contributed by atoms with Crippen LogP contribution in [0.25, 0.3) is 0 Å². The Morgan fingerprint density at radius 3 is 2.55 bits per heavy atom. The average molecular weight is 300 g/mol. The number of hydrogen-bond acceptors (Lipinski definition) is 3. The van der Waals surface area contributed by atoms with E-state index in [1.54, 1.807) is 19.1 Å². The zero-order chi connectivity index (χ0) is 14.9. The molecular weight excluding hydrogens is 286 g/mol. The van der Waals surface area contributed by atoms with Crippen molar-refractivity contribution in [3.05, 3.63) is 47.5 Å². The molecule has 0 aliphatic carbocycles. The van der Waals surface area contributed by atoms with E-state index in [2.05, 4.69) is 4.98 Å². The summed E-state index contributed by atoms with van der Waals surface area (Å²) in [7, 11) is -3.70. The van der Waals surface area contributed by atoms with Gasteiger partial charge in [0.2, 0.25) is 0 Å². The van der Waals surface area contributed by atoms with E-state index in [1.807, 2.05) is 6.92 Å². The molecule has 1 heterocycles. The first-order chi connectivity index (χ1) is 9.31. The van der Waals surface area contributed by atoms with Crippen LogP contribution in [-0.2, 0) is 15.6 Å². The fourth-order valence-corrected chi connectivity index (χ4v) is 3.16. The summed E-state index contributed by atoms with van der Waals surface area (Å²) in [5.74, 6) is -0.717. The molecule has 0 aliphatic rings. The Balaban J connectivity index is 2.36. The molecule has 0 radical (unpaired) electrons. The molecule has 108 valence electrons. The molecule has 0 unspecified atom stereocenters. The van der Waals surface area contributed by atoms with Gasteiger partial charge in [0.25, 0.3) is 0 Å². The van der Waals surface area contributed by atoms with Crippen LogP contribution in [0, 0.1) is 13.8 Å². The van der Waals surface area contributed by atoms with E-state index >= 15 is 0 Å². The minimum absolute atomic E-state index is 0.115. The lowest BCUT2D eigenvalue weighted by atomic mass is 10.1. The molecule has 0 atom stereocenters. The van der Waals surface area contributed by atoms with Gasteiger partial charge in [0.15, 0.2) is 9.84 Å². The minimum Gasteiger partial charge on any atom is -0.277 e. The highest BCUT2D eigenvalue weighted by Crippen LogP contribution is 2.21. The lowest BCUT2D eigenvalue weighted by molar-refractivity contribution is 0.0677. The zero-order valence-corrected chi connectivity index (χ0v) is 11.9. The number of imidazole rings is 1. The van der Waals surface area contributed by atoms with Crippen molar-refractivity contribution in [1.29, 1.82) is 0 Å². The maximum Gasteiger partial charge on any atom is 0.319 e. The number of aryl methyl sites for hydroxylation is 2. The summed E-state index contributed by atoms with van der Waals surface area (Å²) in [4.78, 5) is 3.81. The first-order valence-electron chi connectivity index (χ1n) is 5.91. The maximum absolute atomic E-state index is 12.7. The van der Waals surface area contributed by atoms with E-state index in [9.17, 15) is 17.2 Å². The van der Waals surface area contributed by atoms with Crippen LogP contribution in [0.3, 0.4) is 0 Å². The molecule has 7 heteroatoms. The predicted molar refractivity (Wildman–Crippen MR) is 70.3 cm³/mol. The second kappa shape index (κ2) is 5.32. The van der Waals surface area contributed by atoms with E-state index in [0.29, 0.717) is 4.57 Å². The van der Waals surface area contributed by atoms with Crippen molar-refractivity contribution in [3.8, 4) is 0 Å². The quantitative estimate of drug-likeness (QED) is 0.872. The Labute approximate surface area is 116 Å². The molecule has 1 aromatic carbocycles. The third-order valence-corrected chi connectivity index (χ3v) is 4.73. The Kier molecular flexibility index (Phi) is 3.89. The van der Waals surface area contributed by atoms with Crippen LogP contribution in [0.15, 0.2) is 35.5 Å². The molecule has 0 spiro atoms. The van der Waals surface area contributed by atoms with Gasteiger partial charge in [-0.05, 0) is 37.1 Å². The molecule has 2 aromatic rings. The van der Waals surface area contributed by atoms with Crippen molar-refractivity contribution in [1.82, 2.24) is 9.55 Å². The summed E-state index contributed by atoms with van der Waals surface area (Å²) < 4.78 is 50.4. The third kappa shape index (κ3) is 2.87.